The third kappa shape index (κ3) is 5.04. The van der Waals surface area contributed by atoms with Gasteiger partial charge in [-0.1, -0.05) is 49.4 Å². The van der Waals surface area contributed by atoms with Crippen LogP contribution in [0.25, 0.3) is 11.3 Å². The van der Waals surface area contributed by atoms with E-state index < -0.39 is 0 Å². The number of carbonyl (C=O) groups is 1. The zero-order valence-corrected chi connectivity index (χ0v) is 19.5. The lowest BCUT2D eigenvalue weighted by Gasteiger charge is -2.29. The molecule has 170 valence electrons. The van der Waals surface area contributed by atoms with Crippen LogP contribution in [0.15, 0.2) is 54.6 Å². The fraction of sp³-hybridized carbons (Fsp3) is 0.360. The van der Waals surface area contributed by atoms with Crippen LogP contribution in [-0.4, -0.2) is 40.4 Å². The third-order valence-electron chi connectivity index (χ3n) is 5.45. The molecule has 0 radical (unpaired) electrons. The fourth-order valence-electron chi connectivity index (χ4n) is 3.53. The highest BCUT2D eigenvalue weighted by molar-refractivity contribution is 5.75. The van der Waals surface area contributed by atoms with E-state index in [0.29, 0.717) is 30.5 Å². The van der Waals surface area contributed by atoms with Crippen molar-refractivity contribution in [2.45, 2.75) is 39.8 Å². The van der Waals surface area contributed by atoms with Gasteiger partial charge in [0.2, 0.25) is 5.88 Å². The molecule has 1 N–H and O–H groups in total. The van der Waals surface area contributed by atoms with Crippen molar-refractivity contribution in [3.05, 3.63) is 60.2 Å². The van der Waals surface area contributed by atoms with Gasteiger partial charge in [0.15, 0.2) is 11.5 Å². The van der Waals surface area contributed by atoms with Crippen LogP contribution < -0.4 is 14.8 Å². The van der Waals surface area contributed by atoms with Crippen molar-refractivity contribution in [1.82, 2.24) is 20.0 Å². The molecule has 3 aromatic rings. The molecule has 7 nitrogen and oxygen atoms in total. The van der Waals surface area contributed by atoms with E-state index >= 15 is 0 Å². The summed E-state index contributed by atoms with van der Waals surface area (Å²) < 4.78 is 13.5. The Kier molecular flexibility index (Phi) is 7.76. The summed E-state index contributed by atoms with van der Waals surface area (Å²) in [5.41, 5.74) is 2.60. The lowest BCUT2D eigenvalue weighted by Crippen LogP contribution is -2.44. The van der Waals surface area contributed by atoms with E-state index in [4.69, 9.17) is 14.6 Å². The Morgan fingerprint density at radius 3 is 2.38 bits per heavy atom. The molecule has 0 saturated heterocycles. The number of amides is 2. The standard InChI is InChI=1S/C25H32N4O3/c1-6-18(3)29(25(30)26-7-2)17-20-23(19-13-9-8-10-14-19)27-28(4)24(20)32-22-16-12-11-15-21(22)31-5/h8-16,18H,6-7,17H2,1-5H3,(H,26,30)/t18-/m1/s1. The highest BCUT2D eigenvalue weighted by atomic mass is 16.5. The average Bonchev–Trinajstić information content (AvgIpc) is 3.12. The number of para-hydroxylation sites is 2. The van der Waals surface area contributed by atoms with Crippen LogP contribution >= 0.6 is 0 Å². The van der Waals surface area contributed by atoms with Crippen LogP contribution in [0.5, 0.6) is 17.4 Å². The van der Waals surface area contributed by atoms with Crippen molar-refractivity contribution >= 4 is 6.03 Å². The normalized spacial score (nSPS) is 11.7. The van der Waals surface area contributed by atoms with Gasteiger partial charge in [0, 0.05) is 25.2 Å². The molecule has 0 aliphatic rings. The van der Waals surface area contributed by atoms with Gasteiger partial charge in [0.05, 0.1) is 19.2 Å². The topological polar surface area (TPSA) is 68.6 Å². The summed E-state index contributed by atoms with van der Waals surface area (Å²) in [5.74, 6) is 1.79. The maximum absolute atomic E-state index is 12.9. The minimum atomic E-state index is -0.104. The summed E-state index contributed by atoms with van der Waals surface area (Å²) in [6.45, 7) is 6.97. The Morgan fingerprint density at radius 2 is 1.75 bits per heavy atom. The molecule has 0 spiro atoms. The maximum atomic E-state index is 12.9. The van der Waals surface area contributed by atoms with Crippen molar-refractivity contribution < 1.29 is 14.3 Å². The summed E-state index contributed by atoms with van der Waals surface area (Å²) in [6.07, 6.45) is 0.834. The van der Waals surface area contributed by atoms with E-state index in [0.717, 1.165) is 23.2 Å². The van der Waals surface area contributed by atoms with E-state index in [1.807, 2.05) is 73.5 Å². The van der Waals surface area contributed by atoms with Crippen LogP contribution in [0.1, 0.15) is 32.8 Å². The molecule has 0 fully saturated rings. The maximum Gasteiger partial charge on any atom is 0.317 e. The summed E-state index contributed by atoms with van der Waals surface area (Å²) in [6, 6.07) is 17.4. The third-order valence-corrected chi connectivity index (χ3v) is 5.45. The van der Waals surface area contributed by atoms with Gasteiger partial charge in [0.1, 0.15) is 5.69 Å². The zero-order chi connectivity index (χ0) is 23.1. The SMILES string of the molecule is CCNC(=O)N(Cc1c(-c2ccccc2)nn(C)c1Oc1ccccc1OC)[C@H](C)CC. The molecule has 0 saturated carbocycles. The summed E-state index contributed by atoms with van der Waals surface area (Å²) in [5, 5.41) is 7.70. The van der Waals surface area contributed by atoms with Gasteiger partial charge in [-0.3, -0.25) is 0 Å². The predicted molar refractivity (Wildman–Crippen MR) is 126 cm³/mol. The Balaban J connectivity index is 2.11. The number of hydrogen-bond donors (Lipinski definition) is 1. The molecule has 0 unspecified atom stereocenters. The number of carbonyl (C=O) groups excluding carboxylic acids is 1. The second-order valence-electron chi connectivity index (χ2n) is 7.60. The van der Waals surface area contributed by atoms with Crippen molar-refractivity contribution in [3.8, 4) is 28.6 Å². The largest absolute Gasteiger partial charge is 0.493 e. The molecule has 2 aromatic carbocycles. The molecule has 0 bridgehead atoms. The number of methoxy groups -OCH3 is 1. The van der Waals surface area contributed by atoms with Gasteiger partial charge in [-0.25, -0.2) is 9.48 Å². The molecule has 3 rings (SSSR count). The Morgan fingerprint density at radius 1 is 1.09 bits per heavy atom. The van der Waals surface area contributed by atoms with E-state index in [1.54, 1.807) is 11.8 Å². The molecule has 32 heavy (non-hydrogen) atoms. The van der Waals surface area contributed by atoms with Gasteiger partial charge in [-0.2, -0.15) is 5.10 Å². The molecule has 1 heterocycles. The molecule has 0 aliphatic carbocycles. The fourth-order valence-corrected chi connectivity index (χ4v) is 3.53. The lowest BCUT2D eigenvalue weighted by atomic mass is 10.1. The molecule has 1 atom stereocenters. The number of rotatable bonds is 9. The lowest BCUT2D eigenvalue weighted by molar-refractivity contribution is 0.173. The van der Waals surface area contributed by atoms with Crippen LogP contribution in [0.4, 0.5) is 4.79 Å². The van der Waals surface area contributed by atoms with E-state index in [2.05, 4.69) is 19.2 Å². The minimum Gasteiger partial charge on any atom is -0.493 e. The number of nitrogens with zero attached hydrogens (tertiary/aromatic N) is 3. The van der Waals surface area contributed by atoms with Gasteiger partial charge in [-0.05, 0) is 32.4 Å². The van der Waals surface area contributed by atoms with Gasteiger partial charge >= 0.3 is 6.03 Å². The zero-order valence-electron chi connectivity index (χ0n) is 19.5. The molecule has 1 aromatic heterocycles. The van der Waals surface area contributed by atoms with E-state index in [1.165, 1.54) is 0 Å². The first kappa shape index (κ1) is 23.2. The number of aromatic nitrogens is 2. The van der Waals surface area contributed by atoms with Crippen molar-refractivity contribution in [3.63, 3.8) is 0 Å². The van der Waals surface area contributed by atoms with Gasteiger partial charge < -0.3 is 19.7 Å². The second kappa shape index (κ2) is 10.7. The molecular formula is C25H32N4O3. The summed E-state index contributed by atoms with van der Waals surface area (Å²) >= 11 is 0. The Bertz CT molecular complexity index is 1030. The second-order valence-corrected chi connectivity index (χ2v) is 7.60. The number of urea groups is 1. The molecule has 0 aliphatic heterocycles. The number of hydrogen-bond acceptors (Lipinski definition) is 4. The smallest absolute Gasteiger partial charge is 0.317 e. The quantitative estimate of drug-likeness (QED) is 0.499. The van der Waals surface area contributed by atoms with E-state index in [9.17, 15) is 4.79 Å². The van der Waals surface area contributed by atoms with Crippen molar-refractivity contribution in [1.29, 1.82) is 0 Å². The monoisotopic (exact) mass is 436 g/mol. The highest BCUT2D eigenvalue weighted by Gasteiger charge is 2.27. The van der Waals surface area contributed by atoms with Crippen LogP contribution in [-0.2, 0) is 13.6 Å². The first-order valence-corrected chi connectivity index (χ1v) is 11.0. The van der Waals surface area contributed by atoms with Gasteiger partial charge in [0.25, 0.3) is 0 Å². The average molecular weight is 437 g/mol. The van der Waals surface area contributed by atoms with E-state index in [-0.39, 0.29) is 12.1 Å². The number of benzene rings is 2. The summed E-state index contributed by atoms with van der Waals surface area (Å²) in [7, 11) is 3.46. The predicted octanol–water partition coefficient (Wildman–Crippen LogP) is 5.22. The number of ether oxygens (including phenoxy) is 2. The minimum absolute atomic E-state index is 0.0458. The Labute approximate surface area is 190 Å². The van der Waals surface area contributed by atoms with Gasteiger partial charge in [-0.15, -0.1) is 0 Å². The molecule has 2 amide bonds. The van der Waals surface area contributed by atoms with Crippen molar-refractivity contribution in [2.24, 2.45) is 7.05 Å². The number of aryl methyl sites for hydroxylation is 1. The number of nitrogens with one attached hydrogen (secondary N) is 1. The van der Waals surface area contributed by atoms with Crippen LogP contribution in [0.3, 0.4) is 0 Å². The first-order chi connectivity index (χ1) is 15.5. The molecule has 7 heteroatoms. The summed E-state index contributed by atoms with van der Waals surface area (Å²) in [4.78, 5) is 14.7. The van der Waals surface area contributed by atoms with Crippen LogP contribution in [0.2, 0.25) is 0 Å². The van der Waals surface area contributed by atoms with Crippen LogP contribution in [0, 0.1) is 0 Å². The Hall–Kier alpha value is -3.48. The molecular weight excluding hydrogens is 404 g/mol. The highest BCUT2D eigenvalue weighted by Crippen LogP contribution is 2.37. The first-order valence-electron chi connectivity index (χ1n) is 11.0. The van der Waals surface area contributed by atoms with Crippen molar-refractivity contribution in [2.75, 3.05) is 13.7 Å².